The van der Waals surface area contributed by atoms with Gasteiger partial charge in [0.05, 0.1) is 18.3 Å². The van der Waals surface area contributed by atoms with Crippen LogP contribution in [0.3, 0.4) is 0 Å². The van der Waals surface area contributed by atoms with Crippen LogP contribution in [0.5, 0.6) is 0 Å². The second kappa shape index (κ2) is 6.52. The third kappa shape index (κ3) is 3.44. The highest BCUT2D eigenvalue weighted by atomic mass is 19.4. The first-order valence-electron chi connectivity index (χ1n) is 7.75. The van der Waals surface area contributed by atoms with E-state index in [0.29, 0.717) is 12.2 Å². The second-order valence-electron chi connectivity index (χ2n) is 5.76. The van der Waals surface area contributed by atoms with Gasteiger partial charge in [-0.25, -0.2) is 9.67 Å². The van der Waals surface area contributed by atoms with Crippen LogP contribution in [0, 0.1) is 0 Å². The molecule has 5 nitrogen and oxygen atoms in total. The first-order valence-corrected chi connectivity index (χ1v) is 7.75. The van der Waals surface area contributed by atoms with E-state index in [-0.39, 0.29) is 12.6 Å². The van der Waals surface area contributed by atoms with Gasteiger partial charge in [0.2, 0.25) is 5.79 Å². The lowest BCUT2D eigenvalue weighted by molar-refractivity contribution is -0.189. The molecular weight excluding hydrogens is 323 g/mol. The fourth-order valence-electron chi connectivity index (χ4n) is 2.80. The second-order valence-corrected chi connectivity index (χ2v) is 5.76. The number of aromatic nitrogens is 3. The van der Waals surface area contributed by atoms with Gasteiger partial charge in [-0.1, -0.05) is 25.5 Å². The highest BCUT2D eigenvalue weighted by Crippen LogP contribution is 2.38. The van der Waals surface area contributed by atoms with Crippen LogP contribution < -0.4 is 0 Å². The molecule has 8 heteroatoms. The van der Waals surface area contributed by atoms with Gasteiger partial charge in [-0.05, 0) is 18.6 Å². The number of ether oxygens (including phenoxy) is 2. The quantitative estimate of drug-likeness (QED) is 0.837. The summed E-state index contributed by atoms with van der Waals surface area (Å²) in [4.78, 5) is 3.88. The average Bonchev–Trinajstić information content (AvgIpc) is 3.18. The molecule has 1 aromatic carbocycles. The highest BCUT2D eigenvalue weighted by Gasteiger charge is 2.44. The summed E-state index contributed by atoms with van der Waals surface area (Å²) in [6, 6.07) is 4.87. The Bertz CT molecular complexity index is 658. The normalized spacial score (nSPS) is 24.4. The fraction of sp³-hybridized carbons (Fsp3) is 0.500. The molecule has 0 spiro atoms. The van der Waals surface area contributed by atoms with Crippen LogP contribution in [0.15, 0.2) is 36.9 Å². The molecule has 1 saturated heterocycles. The maximum Gasteiger partial charge on any atom is 0.416 e. The Morgan fingerprint density at radius 2 is 2.04 bits per heavy atom. The molecule has 0 N–H and O–H groups in total. The summed E-state index contributed by atoms with van der Waals surface area (Å²) in [5.41, 5.74) is -0.171. The van der Waals surface area contributed by atoms with Gasteiger partial charge < -0.3 is 9.47 Å². The molecule has 2 aromatic rings. The molecule has 0 unspecified atom stereocenters. The standard InChI is InChI=1S/C16H18F3N3O2/c1-2-3-14-8-23-15(24-14,9-22-11-20-10-21-22)12-4-6-13(7-5-12)16(17,18)19/h4-7,10-11,14H,2-3,8-9H2,1H3/t14-,15-/m1/s1. The minimum atomic E-state index is -4.38. The van der Waals surface area contributed by atoms with E-state index in [4.69, 9.17) is 9.47 Å². The monoisotopic (exact) mass is 341 g/mol. The molecule has 1 aromatic heterocycles. The van der Waals surface area contributed by atoms with Gasteiger partial charge in [0.1, 0.15) is 19.2 Å². The van der Waals surface area contributed by atoms with Gasteiger partial charge in [-0.15, -0.1) is 0 Å². The maximum absolute atomic E-state index is 12.8. The van der Waals surface area contributed by atoms with E-state index in [9.17, 15) is 13.2 Å². The Hall–Kier alpha value is -1.93. The number of alkyl halides is 3. The van der Waals surface area contributed by atoms with Gasteiger partial charge in [-0.3, -0.25) is 0 Å². The van der Waals surface area contributed by atoms with Gasteiger partial charge in [-0.2, -0.15) is 18.3 Å². The van der Waals surface area contributed by atoms with E-state index in [1.165, 1.54) is 24.8 Å². The zero-order chi connectivity index (χ0) is 17.2. The topological polar surface area (TPSA) is 49.2 Å². The molecule has 1 fully saturated rings. The minimum absolute atomic E-state index is 0.0965. The Morgan fingerprint density at radius 1 is 1.29 bits per heavy atom. The van der Waals surface area contributed by atoms with Crippen LogP contribution in [-0.2, 0) is 28.0 Å². The SMILES string of the molecule is CCC[C@@H]1CO[C@@](Cn2cncn2)(c2ccc(C(F)(F)F)cc2)O1. The maximum atomic E-state index is 12.8. The summed E-state index contributed by atoms with van der Waals surface area (Å²) < 4.78 is 51.9. The van der Waals surface area contributed by atoms with Crippen molar-refractivity contribution in [2.45, 2.75) is 44.4 Å². The molecule has 1 aliphatic rings. The van der Waals surface area contributed by atoms with Crippen LogP contribution in [0.1, 0.15) is 30.9 Å². The molecule has 0 saturated carbocycles. The van der Waals surface area contributed by atoms with E-state index in [2.05, 4.69) is 10.1 Å². The lowest BCUT2D eigenvalue weighted by atomic mass is 10.0. The summed E-state index contributed by atoms with van der Waals surface area (Å²) in [5.74, 6) is -1.16. The van der Waals surface area contributed by atoms with Gasteiger partial charge in [0.15, 0.2) is 0 Å². The van der Waals surface area contributed by atoms with E-state index < -0.39 is 17.5 Å². The Labute approximate surface area is 137 Å². The molecule has 130 valence electrons. The molecule has 0 aliphatic carbocycles. The van der Waals surface area contributed by atoms with Crippen LogP contribution in [0.2, 0.25) is 0 Å². The van der Waals surface area contributed by atoms with Crippen molar-refractivity contribution in [2.24, 2.45) is 0 Å². The largest absolute Gasteiger partial charge is 0.416 e. The lowest BCUT2D eigenvalue weighted by Crippen LogP contribution is -2.34. The zero-order valence-electron chi connectivity index (χ0n) is 13.2. The molecule has 0 radical (unpaired) electrons. The van der Waals surface area contributed by atoms with Crippen LogP contribution in [0.4, 0.5) is 13.2 Å². The molecule has 24 heavy (non-hydrogen) atoms. The number of rotatable bonds is 5. The predicted molar refractivity (Wildman–Crippen MR) is 78.9 cm³/mol. The Balaban J connectivity index is 1.90. The Morgan fingerprint density at radius 3 is 2.62 bits per heavy atom. The van der Waals surface area contributed by atoms with Crippen molar-refractivity contribution >= 4 is 0 Å². The van der Waals surface area contributed by atoms with Gasteiger partial charge in [0.25, 0.3) is 0 Å². The van der Waals surface area contributed by atoms with Crippen LogP contribution >= 0.6 is 0 Å². The Kier molecular flexibility index (Phi) is 4.60. The van der Waals surface area contributed by atoms with E-state index in [1.54, 1.807) is 4.68 Å². The fourth-order valence-corrected chi connectivity index (χ4v) is 2.80. The number of benzene rings is 1. The van der Waals surface area contributed by atoms with Gasteiger partial charge in [0, 0.05) is 5.56 Å². The summed E-state index contributed by atoms with van der Waals surface area (Å²) >= 11 is 0. The third-order valence-corrected chi connectivity index (χ3v) is 3.96. The van der Waals surface area contributed by atoms with Crippen LogP contribution in [-0.4, -0.2) is 27.5 Å². The summed E-state index contributed by atoms with van der Waals surface area (Å²) in [6.45, 7) is 2.65. The minimum Gasteiger partial charge on any atom is -0.342 e. The first-order chi connectivity index (χ1) is 11.4. The van der Waals surface area contributed by atoms with E-state index >= 15 is 0 Å². The highest BCUT2D eigenvalue weighted by molar-refractivity contribution is 5.28. The van der Waals surface area contributed by atoms with Crippen molar-refractivity contribution in [2.75, 3.05) is 6.61 Å². The van der Waals surface area contributed by atoms with Crippen molar-refractivity contribution in [3.63, 3.8) is 0 Å². The zero-order valence-corrected chi connectivity index (χ0v) is 13.2. The third-order valence-electron chi connectivity index (χ3n) is 3.96. The lowest BCUT2D eigenvalue weighted by Gasteiger charge is -2.28. The molecule has 0 bridgehead atoms. The molecule has 0 amide bonds. The van der Waals surface area contributed by atoms with Crippen molar-refractivity contribution in [1.29, 1.82) is 0 Å². The number of hydrogen-bond acceptors (Lipinski definition) is 4. The molecular formula is C16H18F3N3O2. The van der Waals surface area contributed by atoms with Crippen molar-refractivity contribution in [3.05, 3.63) is 48.0 Å². The van der Waals surface area contributed by atoms with Gasteiger partial charge >= 0.3 is 6.18 Å². The summed E-state index contributed by atoms with van der Waals surface area (Å²) in [7, 11) is 0. The number of nitrogens with zero attached hydrogens (tertiary/aromatic N) is 3. The smallest absolute Gasteiger partial charge is 0.342 e. The summed E-state index contributed by atoms with van der Waals surface area (Å²) in [6.07, 6.45) is 0.186. The predicted octanol–water partition coefficient (Wildman–Crippen LogP) is 3.37. The van der Waals surface area contributed by atoms with Crippen molar-refractivity contribution in [1.82, 2.24) is 14.8 Å². The van der Waals surface area contributed by atoms with Crippen molar-refractivity contribution < 1.29 is 22.6 Å². The number of hydrogen-bond donors (Lipinski definition) is 0. The number of halogens is 3. The average molecular weight is 341 g/mol. The molecule has 2 heterocycles. The van der Waals surface area contributed by atoms with E-state index in [0.717, 1.165) is 25.0 Å². The summed E-state index contributed by atoms with van der Waals surface area (Å²) in [5, 5.41) is 4.04. The molecule has 1 aliphatic heterocycles. The van der Waals surface area contributed by atoms with Crippen molar-refractivity contribution in [3.8, 4) is 0 Å². The molecule has 3 rings (SSSR count). The first kappa shape index (κ1) is 16.9. The van der Waals surface area contributed by atoms with E-state index in [1.807, 2.05) is 6.92 Å². The molecule has 2 atom stereocenters. The van der Waals surface area contributed by atoms with Crippen LogP contribution in [0.25, 0.3) is 0 Å².